The molecule has 0 aliphatic carbocycles. The van der Waals surface area contributed by atoms with Gasteiger partial charge in [-0.15, -0.1) is 0 Å². The first-order valence-corrected chi connectivity index (χ1v) is 5.65. The summed E-state index contributed by atoms with van der Waals surface area (Å²) in [5.74, 6) is 0.362. The summed E-state index contributed by atoms with van der Waals surface area (Å²) in [5.41, 5.74) is 0.0408. The van der Waals surface area contributed by atoms with Crippen LogP contribution >= 0.6 is 0 Å². The molecule has 2 nitrogen and oxygen atoms in total. The second-order valence-corrected chi connectivity index (χ2v) is 4.81. The highest BCUT2D eigenvalue weighted by Gasteiger charge is 2.33. The second kappa shape index (κ2) is 5.50. The highest BCUT2D eigenvalue weighted by atomic mass is 16.1. The summed E-state index contributed by atoms with van der Waals surface area (Å²) in [6.07, 6.45) is 0.637. The molecule has 0 rings (SSSR count). The van der Waals surface area contributed by atoms with Crippen molar-refractivity contribution in [2.75, 3.05) is 13.1 Å². The van der Waals surface area contributed by atoms with Crippen LogP contribution in [0.4, 0.5) is 0 Å². The van der Waals surface area contributed by atoms with Crippen LogP contribution in [0.15, 0.2) is 0 Å². The zero-order valence-corrected chi connectivity index (χ0v) is 10.6. The molecule has 0 amide bonds. The number of Topliss-reactive ketones (excluding diaryl/α,β-unsaturated/α-hetero) is 1. The summed E-state index contributed by atoms with van der Waals surface area (Å²) >= 11 is 0. The number of carbonyl (C=O) groups excluding carboxylic acids is 1. The van der Waals surface area contributed by atoms with Crippen molar-refractivity contribution in [2.45, 2.75) is 54.0 Å². The molecule has 0 aromatic carbocycles. The van der Waals surface area contributed by atoms with Gasteiger partial charge in [-0.05, 0) is 18.5 Å². The quantitative estimate of drug-likeness (QED) is 0.678. The molecule has 0 aromatic heterocycles. The fourth-order valence-corrected chi connectivity index (χ4v) is 2.02. The fourth-order valence-electron chi connectivity index (χ4n) is 2.02. The van der Waals surface area contributed by atoms with Crippen LogP contribution in [-0.2, 0) is 4.79 Å². The molecule has 0 aromatic rings. The normalized spacial score (nSPS) is 14.5. The Morgan fingerprint density at radius 3 is 1.79 bits per heavy atom. The van der Waals surface area contributed by atoms with Gasteiger partial charge in [0.25, 0.3) is 0 Å². The third kappa shape index (κ3) is 3.41. The zero-order chi connectivity index (χ0) is 11.4. The fraction of sp³-hybridized carbons (Fsp3) is 0.917. The second-order valence-electron chi connectivity index (χ2n) is 4.81. The van der Waals surface area contributed by atoms with E-state index < -0.39 is 0 Å². The number of nitrogens with zero attached hydrogens (tertiary/aromatic N) is 1. The Hall–Kier alpha value is -0.370. The van der Waals surface area contributed by atoms with Crippen molar-refractivity contribution in [3.63, 3.8) is 0 Å². The number of hydrogen-bond acceptors (Lipinski definition) is 2. The predicted molar refractivity (Wildman–Crippen MR) is 61.5 cm³/mol. The molecule has 0 bridgehead atoms. The number of rotatable bonds is 5. The van der Waals surface area contributed by atoms with Crippen molar-refractivity contribution in [3.05, 3.63) is 0 Å². The van der Waals surface area contributed by atoms with E-state index in [4.69, 9.17) is 0 Å². The van der Waals surface area contributed by atoms with Crippen LogP contribution in [0.5, 0.6) is 0 Å². The van der Waals surface area contributed by atoms with Crippen molar-refractivity contribution in [3.8, 4) is 0 Å². The Bertz CT molecular complexity index is 177. The van der Waals surface area contributed by atoms with Gasteiger partial charge in [0.15, 0.2) is 0 Å². The minimum atomic E-state index is 0.0408. The van der Waals surface area contributed by atoms with Gasteiger partial charge in [0.05, 0.1) is 6.04 Å². The van der Waals surface area contributed by atoms with Crippen LogP contribution in [-0.4, -0.2) is 29.8 Å². The molecule has 0 heterocycles. The molecule has 0 aliphatic rings. The smallest absolute Gasteiger partial charge is 0.150 e. The number of hydrogen-bond donors (Lipinski definition) is 0. The molecule has 0 saturated carbocycles. The van der Waals surface area contributed by atoms with Gasteiger partial charge in [0, 0.05) is 6.42 Å². The average molecular weight is 199 g/mol. The van der Waals surface area contributed by atoms with Crippen LogP contribution in [0, 0.1) is 5.41 Å². The summed E-state index contributed by atoms with van der Waals surface area (Å²) < 4.78 is 0. The van der Waals surface area contributed by atoms with Gasteiger partial charge in [-0.1, -0.05) is 41.5 Å². The third-order valence-electron chi connectivity index (χ3n) is 2.65. The lowest BCUT2D eigenvalue weighted by molar-refractivity contribution is -0.127. The maximum atomic E-state index is 11.9. The predicted octanol–water partition coefficient (Wildman–Crippen LogP) is 2.72. The molecule has 2 heteroatoms. The zero-order valence-electron chi connectivity index (χ0n) is 10.6. The minimum absolute atomic E-state index is 0.0408. The monoisotopic (exact) mass is 199 g/mol. The number of likely N-dealkylation sites (N-methyl/N-ethyl adjacent to an activating group) is 1. The maximum Gasteiger partial charge on any atom is 0.150 e. The van der Waals surface area contributed by atoms with E-state index in [2.05, 4.69) is 39.5 Å². The van der Waals surface area contributed by atoms with E-state index in [0.29, 0.717) is 12.2 Å². The van der Waals surface area contributed by atoms with Gasteiger partial charge < -0.3 is 0 Å². The Balaban J connectivity index is 4.80. The molecular weight excluding hydrogens is 174 g/mol. The topological polar surface area (TPSA) is 20.3 Å². The van der Waals surface area contributed by atoms with Gasteiger partial charge >= 0.3 is 0 Å². The molecule has 84 valence electrons. The highest BCUT2D eigenvalue weighted by molar-refractivity contribution is 5.84. The molecule has 0 spiro atoms. The maximum absolute atomic E-state index is 11.9. The van der Waals surface area contributed by atoms with Gasteiger partial charge in [-0.25, -0.2) is 0 Å². The van der Waals surface area contributed by atoms with Crippen LogP contribution in [0.25, 0.3) is 0 Å². The number of carbonyl (C=O) groups is 1. The molecule has 14 heavy (non-hydrogen) atoms. The lowest BCUT2D eigenvalue weighted by Crippen LogP contribution is -2.49. The Kier molecular flexibility index (Phi) is 5.35. The summed E-state index contributed by atoms with van der Waals surface area (Å²) in [4.78, 5) is 14.1. The van der Waals surface area contributed by atoms with Crippen LogP contribution in [0.2, 0.25) is 0 Å². The van der Waals surface area contributed by atoms with E-state index in [1.165, 1.54) is 0 Å². The molecule has 0 unspecified atom stereocenters. The Labute approximate surface area is 88.7 Å². The van der Waals surface area contributed by atoms with Gasteiger partial charge in [-0.3, -0.25) is 9.69 Å². The van der Waals surface area contributed by atoms with E-state index in [9.17, 15) is 4.79 Å². The third-order valence-corrected chi connectivity index (χ3v) is 2.65. The summed E-state index contributed by atoms with van der Waals surface area (Å²) in [7, 11) is 0. The summed E-state index contributed by atoms with van der Waals surface area (Å²) in [5, 5.41) is 0. The van der Waals surface area contributed by atoms with E-state index in [0.717, 1.165) is 13.1 Å². The van der Waals surface area contributed by atoms with Crippen LogP contribution in [0.1, 0.15) is 48.0 Å². The molecule has 0 radical (unpaired) electrons. The SMILES string of the molecule is CCC(=O)[C@H](N(CC)CC)C(C)(C)C. The first-order valence-electron chi connectivity index (χ1n) is 5.65. The van der Waals surface area contributed by atoms with E-state index >= 15 is 0 Å². The van der Waals surface area contributed by atoms with Crippen LogP contribution in [0.3, 0.4) is 0 Å². The van der Waals surface area contributed by atoms with E-state index in [1.807, 2.05) is 6.92 Å². The van der Waals surface area contributed by atoms with E-state index in [1.54, 1.807) is 0 Å². The molecular formula is C12H25NO. The van der Waals surface area contributed by atoms with Crippen molar-refractivity contribution >= 4 is 5.78 Å². The first kappa shape index (κ1) is 13.6. The lowest BCUT2D eigenvalue weighted by Gasteiger charge is -2.38. The van der Waals surface area contributed by atoms with Gasteiger partial charge in [0.1, 0.15) is 5.78 Å². The van der Waals surface area contributed by atoms with Crippen molar-refractivity contribution in [1.82, 2.24) is 4.90 Å². The minimum Gasteiger partial charge on any atom is -0.298 e. The Morgan fingerprint density at radius 1 is 1.14 bits per heavy atom. The van der Waals surface area contributed by atoms with E-state index in [-0.39, 0.29) is 11.5 Å². The largest absolute Gasteiger partial charge is 0.298 e. The van der Waals surface area contributed by atoms with Gasteiger partial charge in [-0.2, -0.15) is 0 Å². The average Bonchev–Trinajstić information content (AvgIpc) is 2.10. The molecule has 0 saturated heterocycles. The summed E-state index contributed by atoms with van der Waals surface area (Å²) in [6.45, 7) is 14.5. The first-order chi connectivity index (χ1) is 6.38. The van der Waals surface area contributed by atoms with Gasteiger partial charge in [0.2, 0.25) is 0 Å². The Morgan fingerprint density at radius 2 is 1.57 bits per heavy atom. The highest BCUT2D eigenvalue weighted by Crippen LogP contribution is 2.25. The van der Waals surface area contributed by atoms with Crippen molar-refractivity contribution < 1.29 is 4.79 Å². The standard InChI is InChI=1S/C12H25NO/c1-7-10(14)11(12(4,5)6)13(8-2)9-3/h11H,7-9H2,1-6H3/t11-/m0/s1. The number of ketones is 1. The summed E-state index contributed by atoms with van der Waals surface area (Å²) in [6, 6.07) is 0.0718. The molecule has 0 N–H and O–H groups in total. The molecule has 1 atom stereocenters. The van der Waals surface area contributed by atoms with Crippen molar-refractivity contribution in [2.24, 2.45) is 5.41 Å². The molecule has 0 fully saturated rings. The molecule has 0 aliphatic heterocycles. The van der Waals surface area contributed by atoms with Crippen LogP contribution < -0.4 is 0 Å². The lowest BCUT2D eigenvalue weighted by atomic mass is 9.82. The van der Waals surface area contributed by atoms with Crippen molar-refractivity contribution in [1.29, 1.82) is 0 Å².